The van der Waals surface area contributed by atoms with Gasteiger partial charge in [-0.1, -0.05) is 30.3 Å². The second kappa shape index (κ2) is 14.4. The Morgan fingerprint density at radius 3 is 1.82 bits per heavy atom. The van der Waals surface area contributed by atoms with Gasteiger partial charge in [-0.3, -0.25) is 24.3 Å². The molecule has 218 valence electrons. The first-order valence-electron chi connectivity index (χ1n) is 13.1. The maximum absolute atomic E-state index is 13.1. The zero-order chi connectivity index (χ0) is 29.2. The lowest BCUT2D eigenvalue weighted by atomic mass is 9.99. The first-order valence-corrected chi connectivity index (χ1v) is 13.1. The van der Waals surface area contributed by atoms with E-state index in [-0.39, 0.29) is 24.1 Å². The van der Waals surface area contributed by atoms with E-state index in [2.05, 4.69) is 0 Å². The number of carboxylic acid groups (broad SMARTS) is 3. The highest BCUT2D eigenvalue weighted by atomic mass is 16.5. The van der Waals surface area contributed by atoms with Crippen LogP contribution in [0, 0.1) is 0 Å². The molecule has 1 fully saturated rings. The second-order valence-electron chi connectivity index (χ2n) is 11.0. The molecule has 1 aliphatic heterocycles. The molecule has 2 unspecified atom stereocenters. The summed E-state index contributed by atoms with van der Waals surface area (Å²) < 4.78 is 5.33. The van der Waals surface area contributed by atoms with Crippen molar-refractivity contribution in [2.75, 3.05) is 79.1 Å². The van der Waals surface area contributed by atoms with Crippen LogP contribution in [-0.2, 0) is 23.9 Å². The Bertz CT molecular complexity index is 984. The minimum atomic E-state index is -1.01. The highest BCUT2D eigenvalue weighted by Gasteiger charge is 2.43. The van der Waals surface area contributed by atoms with Crippen molar-refractivity contribution in [2.24, 2.45) is 0 Å². The minimum absolute atomic E-state index is 0.163. The predicted molar refractivity (Wildman–Crippen MR) is 143 cm³/mol. The number of rotatable bonds is 9. The summed E-state index contributed by atoms with van der Waals surface area (Å²) in [6.45, 7) is 7.89. The first kappa shape index (κ1) is 32.2. The molecule has 1 heterocycles. The Morgan fingerprint density at radius 1 is 0.821 bits per heavy atom. The fourth-order valence-corrected chi connectivity index (χ4v) is 5.18. The lowest BCUT2D eigenvalue weighted by Gasteiger charge is -2.50. The zero-order valence-electron chi connectivity index (χ0n) is 23.4. The molecule has 0 bridgehead atoms. The molecule has 0 spiro atoms. The quantitative estimate of drug-likeness (QED) is 0.294. The lowest BCUT2D eigenvalue weighted by molar-refractivity contribution is -0.963. The van der Waals surface area contributed by atoms with Gasteiger partial charge in [-0.15, -0.1) is 0 Å². The van der Waals surface area contributed by atoms with Crippen molar-refractivity contribution >= 4 is 23.9 Å². The van der Waals surface area contributed by atoms with E-state index in [0.29, 0.717) is 52.4 Å². The van der Waals surface area contributed by atoms with Gasteiger partial charge in [-0.25, -0.2) is 9.59 Å². The number of carbonyl (C=O) groups excluding carboxylic acids is 1. The third-order valence-corrected chi connectivity index (χ3v) is 7.58. The van der Waals surface area contributed by atoms with Crippen LogP contribution in [0.4, 0.5) is 0 Å². The molecule has 2 atom stereocenters. The van der Waals surface area contributed by atoms with Crippen LogP contribution < -0.4 is 0 Å². The van der Waals surface area contributed by atoms with Gasteiger partial charge < -0.3 is 24.5 Å². The number of aliphatic carboxylic acids is 3. The third kappa shape index (κ3) is 9.57. The second-order valence-corrected chi connectivity index (χ2v) is 11.0. The molecule has 1 aromatic carbocycles. The van der Waals surface area contributed by atoms with E-state index >= 15 is 0 Å². The summed E-state index contributed by atoms with van der Waals surface area (Å²) in [7, 11) is 1.32. The smallest absolute Gasteiger partial charge is 0.359 e. The lowest BCUT2D eigenvalue weighted by Crippen LogP contribution is -2.66. The van der Waals surface area contributed by atoms with Crippen LogP contribution >= 0.6 is 0 Å². The van der Waals surface area contributed by atoms with Gasteiger partial charge in [0.1, 0.15) is 6.04 Å². The predicted octanol–water partition coefficient (Wildman–Crippen LogP) is 0.689. The number of hydrogen-bond donors (Lipinski definition) is 3. The van der Waals surface area contributed by atoms with Gasteiger partial charge in [-0.05, 0) is 26.3 Å². The monoisotopic (exact) mass is 551 g/mol. The molecule has 12 nitrogen and oxygen atoms in total. The van der Waals surface area contributed by atoms with Crippen LogP contribution in [0.2, 0.25) is 0 Å². The minimum Gasteiger partial charge on any atom is -0.480 e. The van der Waals surface area contributed by atoms with Gasteiger partial charge in [0.05, 0.1) is 38.8 Å². The Kier molecular flexibility index (Phi) is 11.8. The van der Waals surface area contributed by atoms with Crippen LogP contribution in [-0.4, -0.2) is 143 Å². The average Bonchev–Trinajstić information content (AvgIpc) is 2.84. The number of nitrogens with zero attached hydrogens (tertiary/aromatic N) is 4. The van der Waals surface area contributed by atoms with Crippen LogP contribution in [0.3, 0.4) is 0 Å². The molecule has 0 saturated carbocycles. The number of methoxy groups -OCH3 is 1. The number of quaternary nitrogens is 1. The molecule has 1 saturated heterocycles. The molecule has 3 N–H and O–H groups in total. The SMILES string of the molecule is COC(=O)C(c1ccccc1)N1CCN(CC(=O)O)CCN(CC(=O)O)CC[N+](CC(=O)O)(C(C)(C)C)CC1. The number of hydrogen-bond acceptors (Lipinski definition) is 8. The van der Waals surface area contributed by atoms with Crippen LogP contribution in [0.5, 0.6) is 0 Å². The summed E-state index contributed by atoms with van der Waals surface area (Å²) in [5.74, 6) is -3.43. The topological polar surface area (TPSA) is 148 Å². The molecule has 0 aliphatic carbocycles. The third-order valence-electron chi connectivity index (χ3n) is 7.58. The average molecular weight is 552 g/mol. The number of carbonyl (C=O) groups is 4. The molecule has 2 rings (SSSR count). The van der Waals surface area contributed by atoms with Crippen molar-refractivity contribution in [3.8, 4) is 0 Å². The highest BCUT2D eigenvalue weighted by Crippen LogP contribution is 2.28. The van der Waals surface area contributed by atoms with Crippen LogP contribution in [0.15, 0.2) is 30.3 Å². The van der Waals surface area contributed by atoms with Gasteiger partial charge in [0, 0.05) is 39.3 Å². The molecule has 0 aromatic heterocycles. The van der Waals surface area contributed by atoms with E-state index in [1.165, 1.54) is 7.11 Å². The van der Waals surface area contributed by atoms with Gasteiger partial charge in [0.2, 0.25) is 0 Å². The van der Waals surface area contributed by atoms with E-state index in [1.807, 2.05) is 56.0 Å². The number of esters is 1. The van der Waals surface area contributed by atoms with E-state index < -0.39 is 35.5 Å². The fraction of sp³-hybridized carbons (Fsp3) is 0.630. The molecule has 12 heteroatoms. The summed E-state index contributed by atoms with van der Waals surface area (Å²) in [5.41, 5.74) is 0.215. The Morgan fingerprint density at radius 2 is 1.33 bits per heavy atom. The Hall–Kier alpha value is -3.06. The van der Waals surface area contributed by atoms with Crippen LogP contribution in [0.25, 0.3) is 0 Å². The summed E-state index contributed by atoms with van der Waals surface area (Å²) in [6, 6.07) is 8.41. The van der Waals surface area contributed by atoms with Crippen molar-refractivity contribution in [2.45, 2.75) is 32.4 Å². The van der Waals surface area contributed by atoms with E-state index in [1.54, 1.807) is 9.80 Å². The van der Waals surface area contributed by atoms with Crippen molar-refractivity contribution in [3.05, 3.63) is 35.9 Å². The molecule has 0 radical (unpaired) electrons. The number of carboxylic acids is 3. The molecule has 1 aliphatic rings. The van der Waals surface area contributed by atoms with E-state index in [0.717, 1.165) is 5.56 Å². The molecule has 0 amide bonds. The number of ether oxygens (including phenoxy) is 1. The molecule has 1 aromatic rings. The van der Waals surface area contributed by atoms with E-state index in [4.69, 9.17) is 4.74 Å². The van der Waals surface area contributed by atoms with Gasteiger partial charge in [0.25, 0.3) is 0 Å². The summed E-state index contributed by atoms with van der Waals surface area (Å²) in [6.07, 6.45) is 0. The van der Waals surface area contributed by atoms with Crippen molar-refractivity contribution in [3.63, 3.8) is 0 Å². The summed E-state index contributed by atoms with van der Waals surface area (Å²) >= 11 is 0. The van der Waals surface area contributed by atoms with Crippen molar-refractivity contribution in [1.82, 2.24) is 14.7 Å². The maximum Gasteiger partial charge on any atom is 0.359 e. The van der Waals surface area contributed by atoms with Gasteiger partial charge >= 0.3 is 23.9 Å². The summed E-state index contributed by atoms with van der Waals surface area (Å²) in [5, 5.41) is 28.9. The van der Waals surface area contributed by atoms with Crippen molar-refractivity contribution in [1.29, 1.82) is 0 Å². The van der Waals surface area contributed by atoms with E-state index in [9.17, 15) is 34.5 Å². The highest BCUT2D eigenvalue weighted by molar-refractivity contribution is 5.77. The van der Waals surface area contributed by atoms with Crippen LogP contribution in [0.1, 0.15) is 32.4 Å². The summed E-state index contributed by atoms with van der Waals surface area (Å²) in [4.78, 5) is 53.8. The molecule has 39 heavy (non-hydrogen) atoms. The Balaban J connectivity index is 2.56. The van der Waals surface area contributed by atoms with Crippen molar-refractivity contribution < 1.29 is 43.7 Å². The zero-order valence-corrected chi connectivity index (χ0v) is 23.4. The Labute approximate surface area is 229 Å². The normalized spacial score (nSPS) is 21.7. The largest absolute Gasteiger partial charge is 0.480 e. The standard InChI is InChI=1S/C27H42N4O8/c1-27(2,3)31(20-24(36)37)16-14-29(19-23(34)35)11-10-28(18-22(32)33)12-13-30(15-17-31)25(26(38)39-4)21-8-6-5-7-9-21/h5-9,25H,10-20H2,1-4H3,(H2-,32,33,34,35,36,37)/p+1. The number of benzene rings is 1. The molecular weight excluding hydrogens is 508 g/mol. The fourth-order valence-electron chi connectivity index (χ4n) is 5.18. The molecular formula is C27H43N4O8+. The van der Waals surface area contributed by atoms with Gasteiger partial charge in [0.15, 0.2) is 6.54 Å². The maximum atomic E-state index is 13.1. The first-order chi connectivity index (χ1) is 18.3. The van der Waals surface area contributed by atoms with Gasteiger partial charge in [-0.2, -0.15) is 0 Å².